The number of rotatable bonds is 6. The maximum Gasteiger partial charge on any atom is 0.170 e. The highest BCUT2D eigenvalue weighted by molar-refractivity contribution is 9.10. The molecule has 2 aromatic heterocycles. The summed E-state index contributed by atoms with van der Waals surface area (Å²) in [7, 11) is 4.05. The van der Waals surface area contributed by atoms with Crippen LogP contribution in [0.3, 0.4) is 0 Å². The molecule has 0 unspecified atom stereocenters. The molecule has 3 aromatic rings. The topological polar surface area (TPSA) is 44.5 Å². The number of thiocarbonyl (C=S) groups is 1. The molecule has 4 rings (SSSR count). The molecule has 1 saturated heterocycles. The standard InChI is InChI=1S/C22H22BrFN4OS/c1-27(2)11-12-28-21(20(26-22(28)30)17-5-3-4-10-25-17)19-9-8-18(29-19)15-7-6-14(23)13-16(15)24/h3-10,13,20-21H,11-12H2,1-2H3,(H,26,30)/t20-,21+/m1/s1. The Morgan fingerprint density at radius 2 is 2.07 bits per heavy atom. The first-order valence-electron chi connectivity index (χ1n) is 9.62. The lowest BCUT2D eigenvalue weighted by atomic mass is 10.0. The molecule has 0 bridgehead atoms. The van der Waals surface area contributed by atoms with Crippen molar-refractivity contribution in [2.45, 2.75) is 12.1 Å². The summed E-state index contributed by atoms with van der Waals surface area (Å²) >= 11 is 8.94. The zero-order valence-electron chi connectivity index (χ0n) is 16.7. The van der Waals surface area contributed by atoms with Crippen molar-refractivity contribution in [1.29, 1.82) is 0 Å². The number of furan rings is 1. The average molecular weight is 489 g/mol. The van der Waals surface area contributed by atoms with Crippen LogP contribution in [0.4, 0.5) is 4.39 Å². The maximum atomic E-state index is 14.5. The van der Waals surface area contributed by atoms with Crippen LogP contribution >= 0.6 is 28.1 Å². The van der Waals surface area contributed by atoms with Gasteiger partial charge in [0.05, 0.1) is 17.3 Å². The first-order valence-corrected chi connectivity index (χ1v) is 10.8. The van der Waals surface area contributed by atoms with Gasteiger partial charge < -0.3 is 19.5 Å². The predicted molar refractivity (Wildman–Crippen MR) is 123 cm³/mol. The van der Waals surface area contributed by atoms with E-state index in [9.17, 15) is 4.39 Å². The molecule has 2 atom stereocenters. The van der Waals surface area contributed by atoms with Crippen LogP contribution in [-0.2, 0) is 0 Å². The fraction of sp³-hybridized carbons (Fsp3) is 0.273. The van der Waals surface area contributed by atoms with Gasteiger partial charge in [-0.15, -0.1) is 0 Å². The van der Waals surface area contributed by atoms with E-state index in [-0.39, 0.29) is 17.9 Å². The number of hydrogen-bond donors (Lipinski definition) is 1. The molecular weight excluding hydrogens is 467 g/mol. The molecule has 0 radical (unpaired) electrons. The highest BCUT2D eigenvalue weighted by Crippen LogP contribution is 2.40. The highest BCUT2D eigenvalue weighted by atomic mass is 79.9. The van der Waals surface area contributed by atoms with Crippen molar-refractivity contribution in [3.05, 3.63) is 76.5 Å². The zero-order chi connectivity index (χ0) is 21.3. The van der Waals surface area contributed by atoms with Crippen molar-refractivity contribution in [3.8, 4) is 11.3 Å². The van der Waals surface area contributed by atoms with Crippen molar-refractivity contribution >= 4 is 33.3 Å². The van der Waals surface area contributed by atoms with Crippen LogP contribution in [0.2, 0.25) is 0 Å². The van der Waals surface area contributed by atoms with Crippen molar-refractivity contribution in [3.63, 3.8) is 0 Å². The zero-order valence-corrected chi connectivity index (χ0v) is 19.1. The van der Waals surface area contributed by atoms with E-state index in [1.54, 1.807) is 18.3 Å². The molecule has 0 saturated carbocycles. The van der Waals surface area contributed by atoms with E-state index in [1.807, 2.05) is 44.4 Å². The molecule has 1 fully saturated rings. The van der Waals surface area contributed by atoms with Crippen molar-refractivity contribution < 1.29 is 8.81 Å². The lowest BCUT2D eigenvalue weighted by Gasteiger charge is -2.27. The fourth-order valence-corrected chi connectivity index (χ4v) is 4.27. The summed E-state index contributed by atoms with van der Waals surface area (Å²) in [4.78, 5) is 8.75. The molecular formula is C22H22BrFN4OS. The van der Waals surface area contributed by atoms with E-state index in [0.29, 0.717) is 26.7 Å². The fourth-order valence-electron chi connectivity index (χ4n) is 3.61. The lowest BCUT2D eigenvalue weighted by Crippen LogP contribution is -2.35. The summed E-state index contributed by atoms with van der Waals surface area (Å²) in [6.45, 7) is 1.57. The van der Waals surface area contributed by atoms with E-state index >= 15 is 0 Å². The molecule has 1 aromatic carbocycles. The van der Waals surface area contributed by atoms with Gasteiger partial charge in [-0.05, 0) is 68.8 Å². The van der Waals surface area contributed by atoms with E-state index in [1.165, 1.54) is 6.07 Å². The van der Waals surface area contributed by atoms with Gasteiger partial charge in [0, 0.05) is 23.8 Å². The minimum Gasteiger partial charge on any atom is -0.459 e. The normalized spacial score (nSPS) is 18.8. The Bertz CT molecular complexity index is 1040. The molecule has 8 heteroatoms. The largest absolute Gasteiger partial charge is 0.459 e. The van der Waals surface area contributed by atoms with Crippen LogP contribution in [0.5, 0.6) is 0 Å². The SMILES string of the molecule is CN(C)CCN1C(=S)N[C@H](c2ccccn2)[C@@H]1c1ccc(-c2ccc(Br)cc2F)o1. The van der Waals surface area contributed by atoms with Gasteiger partial charge in [-0.3, -0.25) is 4.98 Å². The van der Waals surface area contributed by atoms with E-state index in [4.69, 9.17) is 16.6 Å². The molecule has 30 heavy (non-hydrogen) atoms. The highest BCUT2D eigenvalue weighted by Gasteiger charge is 2.41. The molecule has 156 valence electrons. The Morgan fingerprint density at radius 3 is 2.77 bits per heavy atom. The van der Waals surface area contributed by atoms with Crippen molar-refractivity contribution in [2.75, 3.05) is 27.2 Å². The van der Waals surface area contributed by atoms with Gasteiger partial charge in [0.15, 0.2) is 5.11 Å². The van der Waals surface area contributed by atoms with Gasteiger partial charge in [0.2, 0.25) is 0 Å². The third-order valence-corrected chi connectivity index (χ3v) is 5.95. The first kappa shape index (κ1) is 21.0. The molecule has 1 N–H and O–H groups in total. The summed E-state index contributed by atoms with van der Waals surface area (Å²) in [5.41, 5.74) is 1.30. The Labute approximate surface area is 189 Å². The van der Waals surface area contributed by atoms with Gasteiger partial charge in [-0.1, -0.05) is 22.0 Å². The van der Waals surface area contributed by atoms with E-state index < -0.39 is 0 Å². The van der Waals surface area contributed by atoms with Crippen molar-refractivity contribution in [2.24, 2.45) is 0 Å². The molecule has 1 aliphatic heterocycles. The second-order valence-electron chi connectivity index (χ2n) is 7.45. The van der Waals surface area contributed by atoms with E-state index in [2.05, 4.69) is 36.0 Å². The molecule has 1 aliphatic rings. The Balaban J connectivity index is 1.71. The third-order valence-electron chi connectivity index (χ3n) is 5.10. The maximum absolute atomic E-state index is 14.5. The van der Waals surface area contributed by atoms with Crippen LogP contribution in [0.1, 0.15) is 23.5 Å². The smallest absolute Gasteiger partial charge is 0.170 e. The summed E-state index contributed by atoms with van der Waals surface area (Å²) < 4.78 is 21.3. The number of pyridine rings is 1. The second-order valence-corrected chi connectivity index (χ2v) is 8.75. The summed E-state index contributed by atoms with van der Waals surface area (Å²) in [5.74, 6) is 0.866. The molecule has 5 nitrogen and oxygen atoms in total. The van der Waals surface area contributed by atoms with E-state index in [0.717, 1.165) is 18.8 Å². The van der Waals surface area contributed by atoms with Gasteiger partial charge >= 0.3 is 0 Å². The summed E-state index contributed by atoms with van der Waals surface area (Å²) in [6.07, 6.45) is 1.77. The van der Waals surface area contributed by atoms with Crippen LogP contribution in [-0.4, -0.2) is 47.1 Å². The van der Waals surface area contributed by atoms with Crippen LogP contribution in [0.15, 0.2) is 63.6 Å². The van der Waals surface area contributed by atoms with Crippen LogP contribution < -0.4 is 5.32 Å². The molecule has 0 spiro atoms. The quantitative estimate of drug-likeness (QED) is 0.503. The number of benzene rings is 1. The first-order chi connectivity index (χ1) is 14.4. The van der Waals surface area contributed by atoms with Gasteiger partial charge in [0.1, 0.15) is 23.4 Å². The monoisotopic (exact) mass is 488 g/mol. The van der Waals surface area contributed by atoms with Crippen LogP contribution in [0, 0.1) is 5.82 Å². The number of halogens is 2. The van der Waals surface area contributed by atoms with Gasteiger partial charge in [0.25, 0.3) is 0 Å². The van der Waals surface area contributed by atoms with Crippen molar-refractivity contribution in [1.82, 2.24) is 20.1 Å². The minimum absolute atomic E-state index is 0.158. The summed E-state index contributed by atoms with van der Waals surface area (Å²) in [5, 5.41) is 4.05. The van der Waals surface area contributed by atoms with Gasteiger partial charge in [-0.25, -0.2) is 4.39 Å². The average Bonchev–Trinajstić information content (AvgIpc) is 3.31. The predicted octanol–water partition coefficient (Wildman–Crippen LogP) is 4.78. The second kappa shape index (κ2) is 8.83. The lowest BCUT2D eigenvalue weighted by molar-refractivity contribution is 0.250. The number of nitrogens with one attached hydrogen (secondary N) is 1. The third kappa shape index (κ3) is 4.26. The Hall–Kier alpha value is -2.29. The Kier molecular flexibility index (Phi) is 6.17. The Morgan fingerprint density at radius 1 is 1.23 bits per heavy atom. The molecule has 3 heterocycles. The number of aromatic nitrogens is 1. The number of likely N-dealkylation sites (N-methyl/N-ethyl adjacent to an activating group) is 1. The number of nitrogens with zero attached hydrogens (tertiary/aromatic N) is 3. The van der Waals surface area contributed by atoms with Gasteiger partial charge in [-0.2, -0.15) is 0 Å². The minimum atomic E-state index is -0.337. The number of hydrogen-bond acceptors (Lipinski definition) is 4. The summed E-state index contributed by atoms with van der Waals surface area (Å²) in [6, 6.07) is 14.1. The van der Waals surface area contributed by atoms with Crippen LogP contribution in [0.25, 0.3) is 11.3 Å². The molecule has 0 aliphatic carbocycles. The molecule has 0 amide bonds.